The quantitative estimate of drug-likeness (QED) is 0.755. The summed E-state index contributed by atoms with van der Waals surface area (Å²) in [7, 11) is -1.20. The first-order valence-corrected chi connectivity index (χ1v) is 11.4. The van der Waals surface area contributed by atoms with Crippen molar-refractivity contribution in [1.29, 1.82) is 0 Å². The van der Waals surface area contributed by atoms with E-state index >= 15 is 0 Å². The van der Waals surface area contributed by atoms with Gasteiger partial charge in [-0.3, -0.25) is 4.90 Å². The molecule has 2 heterocycles. The molecule has 27 heavy (non-hydrogen) atoms. The van der Waals surface area contributed by atoms with Crippen molar-refractivity contribution in [2.75, 3.05) is 38.2 Å². The number of benzene rings is 1. The first-order valence-electron chi connectivity index (χ1n) is 9.57. The average Bonchev–Trinajstić information content (AvgIpc) is 3.03. The van der Waals surface area contributed by atoms with Crippen LogP contribution in [0.25, 0.3) is 0 Å². The van der Waals surface area contributed by atoms with E-state index in [0.29, 0.717) is 12.3 Å². The van der Waals surface area contributed by atoms with Gasteiger partial charge in [0.1, 0.15) is 5.75 Å². The Bertz CT molecular complexity index is 728. The molecule has 150 valence electrons. The van der Waals surface area contributed by atoms with E-state index in [0.717, 1.165) is 50.1 Å². The third kappa shape index (κ3) is 5.84. The van der Waals surface area contributed by atoms with Crippen molar-refractivity contribution in [2.24, 2.45) is 0 Å². The Labute approximate surface area is 161 Å². The number of amides is 2. The molecular formula is C19H29N3O4S. The lowest BCUT2D eigenvalue weighted by atomic mass is 10.0. The minimum atomic E-state index is -2.84. The number of hydrogen-bond acceptors (Lipinski definition) is 5. The van der Waals surface area contributed by atoms with E-state index in [9.17, 15) is 13.2 Å². The van der Waals surface area contributed by atoms with Gasteiger partial charge in [0.25, 0.3) is 0 Å². The van der Waals surface area contributed by atoms with Gasteiger partial charge in [-0.05, 0) is 43.4 Å². The predicted molar refractivity (Wildman–Crippen MR) is 105 cm³/mol. The molecule has 2 saturated heterocycles. The third-order valence-electron chi connectivity index (χ3n) is 5.45. The van der Waals surface area contributed by atoms with Gasteiger partial charge < -0.3 is 15.4 Å². The van der Waals surface area contributed by atoms with Gasteiger partial charge in [0.15, 0.2) is 9.84 Å². The number of piperidine rings is 1. The number of hydrogen-bond donors (Lipinski definition) is 2. The van der Waals surface area contributed by atoms with Gasteiger partial charge in [-0.2, -0.15) is 0 Å². The summed E-state index contributed by atoms with van der Waals surface area (Å²) in [5, 5.41) is 5.95. The minimum Gasteiger partial charge on any atom is -0.497 e. The van der Waals surface area contributed by atoms with Crippen molar-refractivity contribution in [3.8, 4) is 5.75 Å². The predicted octanol–water partition coefficient (Wildman–Crippen LogP) is 1.19. The summed E-state index contributed by atoms with van der Waals surface area (Å²) in [5.41, 5.74) is 1.15. The zero-order valence-electron chi connectivity index (χ0n) is 15.8. The third-order valence-corrected chi connectivity index (χ3v) is 7.20. The van der Waals surface area contributed by atoms with Crippen molar-refractivity contribution < 1.29 is 17.9 Å². The summed E-state index contributed by atoms with van der Waals surface area (Å²) in [6, 6.07) is 8.01. The maximum absolute atomic E-state index is 12.1. The second-order valence-electron chi connectivity index (χ2n) is 7.37. The zero-order chi connectivity index (χ0) is 19.3. The molecule has 1 atom stereocenters. The van der Waals surface area contributed by atoms with Crippen LogP contribution in [0.2, 0.25) is 0 Å². The van der Waals surface area contributed by atoms with E-state index in [1.165, 1.54) is 0 Å². The maximum atomic E-state index is 12.1. The Morgan fingerprint density at radius 1 is 1.19 bits per heavy atom. The van der Waals surface area contributed by atoms with Gasteiger partial charge in [-0.1, -0.05) is 12.1 Å². The Hall–Kier alpha value is -1.80. The van der Waals surface area contributed by atoms with Gasteiger partial charge in [-0.25, -0.2) is 13.2 Å². The lowest BCUT2D eigenvalue weighted by Gasteiger charge is -2.35. The van der Waals surface area contributed by atoms with E-state index in [2.05, 4.69) is 15.5 Å². The van der Waals surface area contributed by atoms with Gasteiger partial charge in [0.05, 0.1) is 18.6 Å². The molecule has 0 unspecified atom stereocenters. The number of urea groups is 1. The topological polar surface area (TPSA) is 87.7 Å². The Kier molecular flexibility index (Phi) is 6.59. The van der Waals surface area contributed by atoms with Crippen LogP contribution in [0.3, 0.4) is 0 Å². The minimum absolute atomic E-state index is 0.134. The molecular weight excluding hydrogens is 366 g/mol. The lowest BCUT2D eigenvalue weighted by Crippen LogP contribution is -2.50. The molecule has 2 N–H and O–H groups in total. The van der Waals surface area contributed by atoms with E-state index in [4.69, 9.17) is 4.74 Å². The van der Waals surface area contributed by atoms with Gasteiger partial charge in [0, 0.05) is 31.7 Å². The van der Waals surface area contributed by atoms with Crippen molar-refractivity contribution >= 4 is 15.9 Å². The molecule has 0 bridgehead atoms. The van der Waals surface area contributed by atoms with Crippen molar-refractivity contribution in [2.45, 2.75) is 37.8 Å². The Morgan fingerprint density at radius 2 is 1.89 bits per heavy atom. The Balaban J connectivity index is 1.33. The average molecular weight is 396 g/mol. The van der Waals surface area contributed by atoms with E-state index in [1.807, 2.05) is 24.3 Å². The van der Waals surface area contributed by atoms with E-state index in [-0.39, 0.29) is 23.9 Å². The van der Waals surface area contributed by atoms with Crippen molar-refractivity contribution in [1.82, 2.24) is 15.5 Å². The number of carbonyl (C=O) groups is 1. The highest BCUT2D eigenvalue weighted by molar-refractivity contribution is 7.91. The first kappa shape index (κ1) is 19.9. The van der Waals surface area contributed by atoms with Crippen LogP contribution in [-0.4, -0.2) is 69.7 Å². The molecule has 2 aliphatic rings. The lowest BCUT2D eigenvalue weighted by molar-refractivity contribution is 0.155. The SMILES string of the molecule is COc1ccc(CCNC(=O)NC2CCN([C@@H]3CCS(=O)(=O)C3)CC2)cc1. The normalized spacial score (nSPS) is 23.1. The molecule has 2 aliphatic heterocycles. The fraction of sp³-hybridized carbons (Fsp3) is 0.632. The summed E-state index contributed by atoms with van der Waals surface area (Å²) >= 11 is 0. The number of nitrogens with one attached hydrogen (secondary N) is 2. The highest BCUT2D eigenvalue weighted by Gasteiger charge is 2.34. The molecule has 7 nitrogen and oxygen atoms in total. The van der Waals surface area contributed by atoms with Crippen LogP contribution in [0, 0.1) is 0 Å². The number of likely N-dealkylation sites (tertiary alicyclic amines) is 1. The fourth-order valence-electron chi connectivity index (χ4n) is 3.82. The smallest absolute Gasteiger partial charge is 0.315 e. The molecule has 0 spiro atoms. The van der Waals surface area contributed by atoms with Crippen LogP contribution in [-0.2, 0) is 16.3 Å². The number of carbonyl (C=O) groups excluding carboxylic acids is 1. The van der Waals surface area contributed by atoms with Gasteiger partial charge in [0.2, 0.25) is 0 Å². The highest BCUT2D eigenvalue weighted by Crippen LogP contribution is 2.21. The molecule has 1 aromatic rings. The first-order chi connectivity index (χ1) is 12.9. The Morgan fingerprint density at radius 3 is 2.48 bits per heavy atom. The van der Waals surface area contributed by atoms with Crippen LogP contribution in [0.15, 0.2) is 24.3 Å². The molecule has 2 amide bonds. The standard InChI is InChI=1S/C19H29N3O4S/c1-26-18-4-2-15(3-5-18)6-10-20-19(23)21-16-7-11-22(12-8-16)17-9-13-27(24,25)14-17/h2-5,16-17H,6-14H2,1H3,(H2,20,21,23)/t17-/m1/s1. The van der Waals surface area contributed by atoms with Crippen molar-refractivity contribution in [3.05, 3.63) is 29.8 Å². The highest BCUT2D eigenvalue weighted by atomic mass is 32.2. The van der Waals surface area contributed by atoms with Crippen LogP contribution >= 0.6 is 0 Å². The molecule has 8 heteroatoms. The second-order valence-corrected chi connectivity index (χ2v) is 9.59. The van der Waals surface area contributed by atoms with Crippen LogP contribution in [0.1, 0.15) is 24.8 Å². The molecule has 1 aromatic carbocycles. The molecule has 2 fully saturated rings. The summed E-state index contributed by atoms with van der Waals surface area (Å²) in [6.07, 6.45) is 3.24. The number of rotatable bonds is 6. The van der Waals surface area contributed by atoms with E-state index < -0.39 is 9.84 Å². The second kappa shape index (κ2) is 8.93. The fourth-order valence-corrected chi connectivity index (χ4v) is 5.58. The largest absolute Gasteiger partial charge is 0.497 e. The van der Waals surface area contributed by atoms with E-state index in [1.54, 1.807) is 7.11 Å². The monoisotopic (exact) mass is 395 g/mol. The molecule has 0 radical (unpaired) electrons. The molecule has 0 aromatic heterocycles. The number of ether oxygens (including phenoxy) is 1. The summed E-state index contributed by atoms with van der Waals surface area (Å²) < 4.78 is 28.4. The number of methoxy groups -OCH3 is 1. The number of nitrogens with zero attached hydrogens (tertiary/aromatic N) is 1. The van der Waals surface area contributed by atoms with Crippen LogP contribution < -0.4 is 15.4 Å². The van der Waals surface area contributed by atoms with Crippen molar-refractivity contribution in [3.63, 3.8) is 0 Å². The molecule has 0 saturated carbocycles. The summed E-state index contributed by atoms with van der Waals surface area (Å²) in [4.78, 5) is 14.4. The van der Waals surface area contributed by atoms with Gasteiger partial charge in [-0.15, -0.1) is 0 Å². The summed E-state index contributed by atoms with van der Waals surface area (Å²) in [6.45, 7) is 2.27. The number of sulfone groups is 1. The summed E-state index contributed by atoms with van der Waals surface area (Å²) in [5.74, 6) is 1.43. The van der Waals surface area contributed by atoms with Crippen LogP contribution in [0.4, 0.5) is 4.79 Å². The zero-order valence-corrected chi connectivity index (χ0v) is 16.6. The molecule has 3 rings (SSSR count). The molecule has 0 aliphatic carbocycles. The van der Waals surface area contributed by atoms with Gasteiger partial charge >= 0.3 is 6.03 Å². The maximum Gasteiger partial charge on any atom is 0.315 e. The van der Waals surface area contributed by atoms with Crippen LogP contribution in [0.5, 0.6) is 5.75 Å².